The van der Waals surface area contributed by atoms with E-state index in [1.54, 1.807) is 0 Å². The quantitative estimate of drug-likeness (QED) is 0.582. The summed E-state index contributed by atoms with van der Waals surface area (Å²) in [7, 11) is 1.18. The molecule has 1 aromatic heterocycles. The number of esters is 1. The Labute approximate surface area is 100.0 Å². The van der Waals surface area contributed by atoms with Gasteiger partial charge in [0.05, 0.1) is 12.7 Å². The van der Waals surface area contributed by atoms with Crippen LogP contribution in [0, 0.1) is 11.6 Å². The first-order valence-electron chi connectivity index (χ1n) is 4.56. The van der Waals surface area contributed by atoms with Crippen molar-refractivity contribution in [2.45, 2.75) is 0 Å². The Bertz CT molecular complexity index is 616. The van der Waals surface area contributed by atoms with E-state index in [9.17, 15) is 13.6 Å². The van der Waals surface area contributed by atoms with Gasteiger partial charge in [-0.1, -0.05) is 11.6 Å². The fraction of sp³-hybridized carbons (Fsp3) is 0.0909. The number of rotatable bonds is 1. The number of pyridine rings is 1. The molecule has 0 unspecified atom stereocenters. The molecule has 3 nitrogen and oxygen atoms in total. The van der Waals surface area contributed by atoms with Gasteiger partial charge in [0, 0.05) is 11.5 Å². The first kappa shape index (κ1) is 11.7. The van der Waals surface area contributed by atoms with E-state index in [0.29, 0.717) is 6.07 Å². The molecule has 2 rings (SSSR count). The van der Waals surface area contributed by atoms with Gasteiger partial charge in [0.1, 0.15) is 16.5 Å². The van der Waals surface area contributed by atoms with Crippen LogP contribution in [0.15, 0.2) is 18.2 Å². The van der Waals surface area contributed by atoms with Crippen molar-refractivity contribution in [3.8, 4) is 0 Å². The van der Waals surface area contributed by atoms with Gasteiger partial charge in [-0.25, -0.2) is 18.6 Å². The van der Waals surface area contributed by atoms with Crippen LogP contribution in [0.1, 0.15) is 10.4 Å². The fourth-order valence-corrected chi connectivity index (χ4v) is 1.66. The van der Waals surface area contributed by atoms with Gasteiger partial charge in [-0.15, -0.1) is 0 Å². The summed E-state index contributed by atoms with van der Waals surface area (Å²) in [5, 5.41) is -0.0397. The number of hydrogen-bond donors (Lipinski definition) is 0. The minimum absolute atomic E-state index is 0.0355. The van der Waals surface area contributed by atoms with Crippen molar-refractivity contribution in [1.82, 2.24) is 4.98 Å². The van der Waals surface area contributed by atoms with Crippen LogP contribution in [0.2, 0.25) is 5.15 Å². The molecular formula is C11H6ClF2NO2. The Morgan fingerprint density at radius 3 is 2.71 bits per heavy atom. The van der Waals surface area contributed by atoms with Crippen LogP contribution in [-0.4, -0.2) is 18.1 Å². The third-order valence-electron chi connectivity index (χ3n) is 2.20. The Morgan fingerprint density at radius 1 is 1.35 bits per heavy atom. The Morgan fingerprint density at radius 2 is 2.06 bits per heavy atom. The molecule has 0 N–H and O–H groups in total. The number of fused-ring (bicyclic) bond motifs is 1. The van der Waals surface area contributed by atoms with E-state index in [2.05, 4.69) is 9.72 Å². The van der Waals surface area contributed by atoms with Gasteiger partial charge in [0.15, 0.2) is 5.82 Å². The zero-order valence-electron chi connectivity index (χ0n) is 8.63. The van der Waals surface area contributed by atoms with Crippen molar-refractivity contribution in [3.05, 3.63) is 40.6 Å². The minimum Gasteiger partial charge on any atom is -0.465 e. The number of halogens is 3. The highest BCUT2D eigenvalue weighted by Gasteiger charge is 2.15. The second kappa shape index (κ2) is 4.25. The molecule has 0 aliphatic rings. The molecule has 0 atom stereocenters. The van der Waals surface area contributed by atoms with Gasteiger partial charge in [-0.05, 0) is 12.1 Å². The molecule has 0 aliphatic carbocycles. The number of ether oxygens (including phenoxy) is 1. The maximum Gasteiger partial charge on any atom is 0.341 e. The first-order valence-corrected chi connectivity index (χ1v) is 4.94. The molecule has 88 valence electrons. The third-order valence-corrected chi connectivity index (χ3v) is 2.48. The van der Waals surface area contributed by atoms with Gasteiger partial charge in [0.25, 0.3) is 0 Å². The van der Waals surface area contributed by atoms with Crippen molar-refractivity contribution in [1.29, 1.82) is 0 Å². The predicted octanol–water partition coefficient (Wildman–Crippen LogP) is 2.95. The predicted molar refractivity (Wildman–Crippen MR) is 58.0 cm³/mol. The molecule has 0 bridgehead atoms. The lowest BCUT2D eigenvalue weighted by Crippen LogP contribution is -2.04. The summed E-state index contributed by atoms with van der Waals surface area (Å²) in [6.07, 6.45) is 0. The average Bonchev–Trinajstić information content (AvgIpc) is 2.28. The lowest BCUT2D eigenvalue weighted by Gasteiger charge is -2.05. The molecule has 17 heavy (non-hydrogen) atoms. The topological polar surface area (TPSA) is 39.2 Å². The summed E-state index contributed by atoms with van der Waals surface area (Å²) in [5.41, 5.74) is -0.129. The summed E-state index contributed by atoms with van der Waals surface area (Å²) in [4.78, 5) is 15.0. The van der Waals surface area contributed by atoms with E-state index < -0.39 is 17.6 Å². The number of hydrogen-bond acceptors (Lipinski definition) is 3. The van der Waals surface area contributed by atoms with Crippen LogP contribution in [0.5, 0.6) is 0 Å². The summed E-state index contributed by atoms with van der Waals surface area (Å²) < 4.78 is 30.8. The van der Waals surface area contributed by atoms with Crippen molar-refractivity contribution in [2.75, 3.05) is 7.11 Å². The smallest absolute Gasteiger partial charge is 0.341 e. The maximum atomic E-state index is 13.4. The van der Waals surface area contributed by atoms with Crippen LogP contribution >= 0.6 is 11.6 Å². The zero-order chi connectivity index (χ0) is 12.6. The van der Waals surface area contributed by atoms with Crippen LogP contribution in [-0.2, 0) is 4.74 Å². The van der Waals surface area contributed by atoms with E-state index in [4.69, 9.17) is 11.6 Å². The molecule has 0 saturated carbocycles. The number of carbonyl (C=O) groups is 1. The molecule has 1 heterocycles. The van der Waals surface area contributed by atoms with Crippen LogP contribution in [0.4, 0.5) is 8.78 Å². The maximum absolute atomic E-state index is 13.4. The van der Waals surface area contributed by atoms with Crippen molar-refractivity contribution < 1.29 is 18.3 Å². The fourth-order valence-electron chi connectivity index (χ4n) is 1.44. The Hall–Kier alpha value is -1.75. The van der Waals surface area contributed by atoms with E-state index in [1.807, 2.05) is 0 Å². The average molecular weight is 258 g/mol. The number of benzene rings is 1. The SMILES string of the molecule is COC(=O)c1cc2cc(F)cc(F)c2nc1Cl. The Kier molecular flexibility index (Phi) is 2.93. The molecule has 0 aliphatic heterocycles. The highest BCUT2D eigenvalue weighted by Crippen LogP contribution is 2.24. The molecule has 0 radical (unpaired) electrons. The highest BCUT2D eigenvalue weighted by molar-refractivity contribution is 6.32. The second-order valence-electron chi connectivity index (χ2n) is 3.28. The van der Waals surface area contributed by atoms with Crippen molar-refractivity contribution in [2.24, 2.45) is 0 Å². The largest absolute Gasteiger partial charge is 0.465 e. The Balaban J connectivity index is 2.76. The number of aromatic nitrogens is 1. The molecule has 1 aromatic carbocycles. The lowest BCUT2D eigenvalue weighted by molar-refractivity contribution is 0.0600. The summed E-state index contributed by atoms with van der Waals surface area (Å²) in [6.45, 7) is 0. The molecule has 0 spiro atoms. The summed E-state index contributed by atoms with van der Waals surface area (Å²) in [6, 6.07) is 3.00. The lowest BCUT2D eigenvalue weighted by atomic mass is 10.1. The van der Waals surface area contributed by atoms with Crippen LogP contribution in [0.3, 0.4) is 0 Å². The zero-order valence-corrected chi connectivity index (χ0v) is 9.39. The molecule has 0 saturated heterocycles. The first-order chi connectivity index (χ1) is 8.02. The van der Waals surface area contributed by atoms with Crippen molar-refractivity contribution in [3.63, 3.8) is 0 Å². The van der Waals surface area contributed by atoms with E-state index in [1.165, 1.54) is 13.2 Å². The van der Waals surface area contributed by atoms with Gasteiger partial charge in [-0.2, -0.15) is 0 Å². The van der Waals surface area contributed by atoms with Gasteiger partial charge < -0.3 is 4.74 Å². The standard InChI is InChI=1S/C11H6ClF2NO2/c1-17-11(16)7-3-5-2-6(13)4-8(14)9(5)15-10(7)12/h2-4H,1H3. The van der Waals surface area contributed by atoms with E-state index in [0.717, 1.165) is 6.07 Å². The van der Waals surface area contributed by atoms with Crippen LogP contribution < -0.4 is 0 Å². The highest BCUT2D eigenvalue weighted by atomic mass is 35.5. The van der Waals surface area contributed by atoms with E-state index >= 15 is 0 Å². The number of carbonyl (C=O) groups excluding carboxylic acids is 1. The van der Waals surface area contributed by atoms with Crippen molar-refractivity contribution >= 4 is 28.5 Å². The summed E-state index contributed by atoms with van der Waals surface area (Å²) >= 11 is 5.72. The second-order valence-corrected chi connectivity index (χ2v) is 3.64. The normalized spacial score (nSPS) is 10.6. The van der Waals surface area contributed by atoms with Gasteiger partial charge in [-0.3, -0.25) is 0 Å². The summed E-state index contributed by atoms with van der Waals surface area (Å²) in [5.74, 6) is -2.30. The molecule has 0 fully saturated rings. The molecule has 2 aromatic rings. The third kappa shape index (κ3) is 2.06. The van der Waals surface area contributed by atoms with Gasteiger partial charge in [0.2, 0.25) is 0 Å². The minimum atomic E-state index is -0.835. The molecule has 6 heteroatoms. The monoisotopic (exact) mass is 257 g/mol. The number of methoxy groups -OCH3 is 1. The van der Waals surface area contributed by atoms with Crippen LogP contribution in [0.25, 0.3) is 10.9 Å². The molecular weight excluding hydrogens is 252 g/mol. The number of nitrogens with zero attached hydrogens (tertiary/aromatic N) is 1. The van der Waals surface area contributed by atoms with E-state index in [-0.39, 0.29) is 21.6 Å². The molecule has 0 amide bonds. The van der Waals surface area contributed by atoms with Gasteiger partial charge >= 0.3 is 5.97 Å².